The van der Waals surface area contributed by atoms with E-state index in [4.69, 9.17) is 16.3 Å². The molecule has 0 saturated carbocycles. The lowest BCUT2D eigenvalue weighted by atomic mass is 9.81. The van der Waals surface area contributed by atoms with Gasteiger partial charge in [0, 0.05) is 19.7 Å². The van der Waals surface area contributed by atoms with Crippen LogP contribution in [-0.4, -0.2) is 42.5 Å². The Labute approximate surface area is 109 Å². The van der Waals surface area contributed by atoms with E-state index in [1.54, 1.807) is 0 Å². The second-order valence-electron chi connectivity index (χ2n) is 5.15. The van der Waals surface area contributed by atoms with E-state index in [0.717, 1.165) is 39.1 Å². The lowest BCUT2D eigenvalue weighted by molar-refractivity contribution is -0.133. The lowest BCUT2D eigenvalue weighted by Crippen LogP contribution is -2.46. The Bertz CT molecular complexity index is 250. The maximum absolute atomic E-state index is 11.9. The molecule has 0 bridgehead atoms. The van der Waals surface area contributed by atoms with Crippen molar-refractivity contribution in [3.05, 3.63) is 0 Å². The zero-order valence-corrected chi connectivity index (χ0v) is 11.9. The van der Waals surface area contributed by atoms with E-state index in [-0.39, 0.29) is 16.7 Å². The number of carbonyl (C=O) groups is 1. The number of amides is 1. The highest BCUT2D eigenvalue weighted by molar-refractivity contribution is 6.30. The normalized spacial score (nSPS) is 21.3. The molecule has 4 heteroatoms. The molecule has 0 aliphatic carbocycles. The molecule has 1 fully saturated rings. The van der Waals surface area contributed by atoms with Gasteiger partial charge in [-0.05, 0) is 31.6 Å². The van der Waals surface area contributed by atoms with Crippen LogP contribution < -0.4 is 0 Å². The van der Waals surface area contributed by atoms with Crippen LogP contribution in [0.5, 0.6) is 0 Å². The highest BCUT2D eigenvalue weighted by Gasteiger charge is 2.33. The number of nitrogens with zero attached hydrogens (tertiary/aromatic N) is 1. The highest BCUT2D eigenvalue weighted by atomic mass is 35.5. The van der Waals surface area contributed by atoms with E-state index >= 15 is 0 Å². The van der Waals surface area contributed by atoms with Crippen LogP contribution in [0.3, 0.4) is 0 Å². The maximum atomic E-state index is 11.9. The third kappa shape index (κ3) is 4.14. The third-order valence-electron chi connectivity index (χ3n) is 3.56. The number of halogens is 1. The summed E-state index contributed by atoms with van der Waals surface area (Å²) in [4.78, 5) is 13.8. The summed E-state index contributed by atoms with van der Waals surface area (Å²) in [5.41, 5.74) is 0.223. The minimum Gasteiger partial charge on any atom is -0.381 e. The van der Waals surface area contributed by atoms with Crippen molar-refractivity contribution in [3.8, 4) is 0 Å². The SMILES string of the molecule is CCOCC1(C)CCN(C(=O)[C@H](Cl)CC)CC1. The summed E-state index contributed by atoms with van der Waals surface area (Å²) in [7, 11) is 0. The number of piperidine rings is 1. The van der Waals surface area contributed by atoms with Crippen LogP contribution in [0.25, 0.3) is 0 Å². The van der Waals surface area contributed by atoms with E-state index in [9.17, 15) is 4.79 Å². The molecule has 1 aliphatic rings. The topological polar surface area (TPSA) is 29.5 Å². The van der Waals surface area contributed by atoms with E-state index in [1.165, 1.54) is 0 Å². The molecular formula is C13H24ClNO2. The van der Waals surface area contributed by atoms with Gasteiger partial charge in [-0.1, -0.05) is 13.8 Å². The van der Waals surface area contributed by atoms with Crippen LogP contribution in [0.15, 0.2) is 0 Å². The van der Waals surface area contributed by atoms with Crippen LogP contribution in [0.4, 0.5) is 0 Å². The molecule has 0 aromatic carbocycles. The molecule has 0 radical (unpaired) electrons. The van der Waals surface area contributed by atoms with Crippen LogP contribution in [0, 0.1) is 5.41 Å². The van der Waals surface area contributed by atoms with E-state index in [2.05, 4.69) is 6.92 Å². The van der Waals surface area contributed by atoms with Gasteiger partial charge in [0.25, 0.3) is 0 Å². The first-order valence-electron chi connectivity index (χ1n) is 6.53. The summed E-state index contributed by atoms with van der Waals surface area (Å²) in [5, 5.41) is -0.355. The Morgan fingerprint density at radius 1 is 1.41 bits per heavy atom. The molecule has 0 unspecified atom stereocenters. The zero-order valence-electron chi connectivity index (χ0n) is 11.2. The molecule has 1 heterocycles. The summed E-state index contributed by atoms with van der Waals surface area (Å²) >= 11 is 5.99. The molecule has 17 heavy (non-hydrogen) atoms. The summed E-state index contributed by atoms with van der Waals surface area (Å²) in [6, 6.07) is 0. The van der Waals surface area contributed by atoms with E-state index in [1.807, 2.05) is 18.7 Å². The van der Waals surface area contributed by atoms with Crippen molar-refractivity contribution in [2.75, 3.05) is 26.3 Å². The van der Waals surface area contributed by atoms with Crippen molar-refractivity contribution in [1.29, 1.82) is 0 Å². The van der Waals surface area contributed by atoms with Gasteiger partial charge in [-0.25, -0.2) is 0 Å². The Morgan fingerprint density at radius 2 is 2.00 bits per heavy atom. The fraction of sp³-hybridized carbons (Fsp3) is 0.923. The Kier molecular flexibility index (Phi) is 5.74. The molecule has 0 spiro atoms. The monoisotopic (exact) mass is 261 g/mol. The second kappa shape index (κ2) is 6.60. The van der Waals surface area contributed by atoms with Gasteiger partial charge in [0.15, 0.2) is 0 Å². The summed E-state index contributed by atoms with van der Waals surface area (Å²) in [6.07, 6.45) is 2.71. The molecule has 3 nitrogen and oxygen atoms in total. The minimum atomic E-state index is -0.355. The number of hydrogen-bond acceptors (Lipinski definition) is 2. The third-order valence-corrected chi connectivity index (χ3v) is 4.06. The van der Waals surface area contributed by atoms with Gasteiger partial charge in [0.1, 0.15) is 5.38 Å². The molecule has 0 N–H and O–H groups in total. The van der Waals surface area contributed by atoms with Gasteiger partial charge in [0.05, 0.1) is 6.61 Å². The molecule has 0 aromatic heterocycles. The number of likely N-dealkylation sites (tertiary alicyclic amines) is 1. The molecule has 1 amide bonds. The first kappa shape index (κ1) is 14.8. The quantitative estimate of drug-likeness (QED) is 0.712. The van der Waals surface area contributed by atoms with Gasteiger partial charge in [-0.15, -0.1) is 11.6 Å². The lowest BCUT2D eigenvalue weighted by Gasteiger charge is -2.39. The number of ether oxygens (including phenoxy) is 1. The standard InChI is InChI=1S/C13H24ClNO2/c1-4-11(14)12(16)15-8-6-13(3,7-9-15)10-17-5-2/h11H,4-10H2,1-3H3/t11-/m1/s1. The number of carbonyl (C=O) groups excluding carboxylic acids is 1. The van der Waals surface area contributed by atoms with Crippen LogP contribution in [0.1, 0.15) is 40.0 Å². The van der Waals surface area contributed by atoms with Crippen molar-refractivity contribution in [2.24, 2.45) is 5.41 Å². The summed E-state index contributed by atoms with van der Waals surface area (Å²) < 4.78 is 5.51. The fourth-order valence-electron chi connectivity index (χ4n) is 2.13. The Hall–Kier alpha value is -0.280. The van der Waals surface area contributed by atoms with Gasteiger partial charge in [-0.2, -0.15) is 0 Å². The highest BCUT2D eigenvalue weighted by Crippen LogP contribution is 2.31. The number of rotatable bonds is 5. The first-order chi connectivity index (χ1) is 8.02. The van der Waals surface area contributed by atoms with Crippen LogP contribution in [0.2, 0.25) is 0 Å². The number of alkyl halides is 1. The van der Waals surface area contributed by atoms with Crippen molar-refractivity contribution >= 4 is 17.5 Å². The molecule has 1 saturated heterocycles. The van der Waals surface area contributed by atoms with Crippen LogP contribution >= 0.6 is 11.6 Å². The average Bonchev–Trinajstić information content (AvgIpc) is 2.35. The van der Waals surface area contributed by atoms with Crippen molar-refractivity contribution < 1.29 is 9.53 Å². The molecule has 1 atom stereocenters. The molecule has 1 rings (SSSR count). The molecule has 100 valence electrons. The fourth-order valence-corrected chi connectivity index (χ4v) is 2.27. The summed E-state index contributed by atoms with van der Waals surface area (Å²) in [6.45, 7) is 9.38. The Morgan fingerprint density at radius 3 is 2.47 bits per heavy atom. The van der Waals surface area contributed by atoms with Crippen molar-refractivity contribution in [2.45, 2.75) is 45.4 Å². The van der Waals surface area contributed by atoms with Gasteiger partial charge >= 0.3 is 0 Å². The van der Waals surface area contributed by atoms with E-state index < -0.39 is 0 Å². The predicted octanol–water partition coefficient (Wildman–Crippen LogP) is 2.67. The molecular weight excluding hydrogens is 238 g/mol. The first-order valence-corrected chi connectivity index (χ1v) is 6.96. The minimum absolute atomic E-state index is 0.0904. The summed E-state index contributed by atoms with van der Waals surface area (Å²) in [5.74, 6) is 0.0904. The van der Waals surface area contributed by atoms with Gasteiger partial charge in [-0.3, -0.25) is 4.79 Å². The second-order valence-corrected chi connectivity index (χ2v) is 5.68. The maximum Gasteiger partial charge on any atom is 0.240 e. The van der Waals surface area contributed by atoms with Gasteiger partial charge < -0.3 is 9.64 Å². The van der Waals surface area contributed by atoms with Gasteiger partial charge in [0.2, 0.25) is 5.91 Å². The molecule has 0 aromatic rings. The van der Waals surface area contributed by atoms with Crippen LogP contribution in [-0.2, 0) is 9.53 Å². The largest absolute Gasteiger partial charge is 0.381 e. The van der Waals surface area contributed by atoms with Crippen molar-refractivity contribution in [1.82, 2.24) is 4.90 Å². The Balaban J connectivity index is 2.42. The number of hydrogen-bond donors (Lipinski definition) is 0. The van der Waals surface area contributed by atoms with E-state index in [0.29, 0.717) is 6.42 Å². The smallest absolute Gasteiger partial charge is 0.240 e. The van der Waals surface area contributed by atoms with Crippen molar-refractivity contribution in [3.63, 3.8) is 0 Å². The predicted molar refractivity (Wildman–Crippen MR) is 70.3 cm³/mol. The average molecular weight is 262 g/mol. The zero-order chi connectivity index (χ0) is 12.9. The molecule has 1 aliphatic heterocycles.